The molecule has 7 saturated heterocycles. The highest BCUT2D eigenvalue weighted by Gasteiger charge is 2.50. The van der Waals surface area contributed by atoms with Crippen LogP contribution in [0.4, 0.5) is 0 Å². The molecule has 7 fully saturated rings. The van der Waals surface area contributed by atoms with Gasteiger partial charge in [0.05, 0.1) is 12.6 Å². The third kappa shape index (κ3) is 10.5. The SMILES string of the molecule is CC(C)[C@H](N)C(=O)N1CCC[C@H]1C(=O)N1CCC[C@H]1C(=O)N1CCC[C@H]1C(=O)N[C@H](C(=O)N1CCC[C@H]1C(=O)N1CCC[C@H]1C(=O)N1CCC[C@H]1C(=O)N1CCC[C@H]1C(=O)N[C@H](C=O)CO)C(C)C. The molecule has 0 unspecified atom stereocenters. The zero-order chi connectivity index (χ0) is 49.8. The molecule has 0 saturated carbocycles. The number of nitrogens with zero attached hydrogens (tertiary/aromatic N) is 7. The fraction of sp³-hybridized carbons (Fsp3) is 0.792. The summed E-state index contributed by atoms with van der Waals surface area (Å²) < 4.78 is 0. The minimum absolute atomic E-state index is 0.104. The molecule has 5 N–H and O–H groups in total. The van der Waals surface area contributed by atoms with E-state index >= 15 is 0 Å². The van der Waals surface area contributed by atoms with Crippen LogP contribution in [0, 0.1) is 11.8 Å². The molecule has 7 aliphatic heterocycles. The van der Waals surface area contributed by atoms with Gasteiger partial charge in [-0.3, -0.25) is 43.2 Å². The Bertz CT molecular complexity index is 2000. The lowest BCUT2D eigenvalue weighted by Crippen LogP contribution is -2.60. The van der Waals surface area contributed by atoms with E-state index in [1.807, 2.05) is 13.8 Å². The summed E-state index contributed by atoms with van der Waals surface area (Å²) in [5.41, 5.74) is 6.20. The van der Waals surface area contributed by atoms with Gasteiger partial charge in [0.15, 0.2) is 0 Å². The van der Waals surface area contributed by atoms with Gasteiger partial charge in [-0.1, -0.05) is 27.7 Å². The predicted octanol–water partition coefficient (Wildman–Crippen LogP) is -1.28. The lowest BCUT2D eigenvalue weighted by Gasteiger charge is -2.37. The summed E-state index contributed by atoms with van der Waals surface area (Å²) in [6.07, 6.45) is 7.22. The first-order chi connectivity index (χ1) is 33.0. The average molecular weight is 967 g/mol. The van der Waals surface area contributed by atoms with Crippen molar-refractivity contribution >= 4 is 59.5 Å². The van der Waals surface area contributed by atoms with Gasteiger partial charge in [0.25, 0.3) is 0 Å². The Morgan fingerprint density at radius 2 is 0.754 bits per heavy atom. The third-order valence-electron chi connectivity index (χ3n) is 15.7. The predicted molar refractivity (Wildman–Crippen MR) is 248 cm³/mol. The molecule has 7 heterocycles. The van der Waals surface area contributed by atoms with Gasteiger partial charge in [0.2, 0.25) is 53.2 Å². The monoisotopic (exact) mass is 967 g/mol. The van der Waals surface area contributed by atoms with Crippen LogP contribution in [0.1, 0.15) is 118 Å². The van der Waals surface area contributed by atoms with Gasteiger partial charge in [0, 0.05) is 45.8 Å². The molecule has 21 nitrogen and oxygen atoms in total. The summed E-state index contributed by atoms with van der Waals surface area (Å²) in [6.45, 7) is 9.00. The minimum atomic E-state index is -1.09. The van der Waals surface area contributed by atoms with E-state index in [9.17, 15) is 53.1 Å². The van der Waals surface area contributed by atoms with Crippen molar-refractivity contribution < 1.29 is 53.1 Å². The van der Waals surface area contributed by atoms with Crippen molar-refractivity contribution in [2.24, 2.45) is 17.6 Å². The van der Waals surface area contributed by atoms with Gasteiger partial charge in [0.1, 0.15) is 60.7 Å². The second-order valence-electron chi connectivity index (χ2n) is 20.8. The quantitative estimate of drug-likeness (QED) is 0.140. The second-order valence-corrected chi connectivity index (χ2v) is 20.8. The maximum Gasteiger partial charge on any atom is 0.246 e. The van der Waals surface area contributed by atoms with Crippen LogP contribution in [0.5, 0.6) is 0 Å². The zero-order valence-electron chi connectivity index (χ0n) is 40.8. The molecule has 7 aliphatic rings. The van der Waals surface area contributed by atoms with E-state index in [0.29, 0.717) is 135 Å². The number of nitrogens with two attached hydrogens (primary N) is 1. The van der Waals surface area contributed by atoms with Gasteiger partial charge < -0.3 is 60.6 Å². The first kappa shape index (κ1) is 51.7. The number of carbonyl (C=O) groups is 10. The Morgan fingerprint density at radius 1 is 0.464 bits per heavy atom. The topological polar surface area (TPSA) is 264 Å². The molecule has 382 valence electrons. The zero-order valence-corrected chi connectivity index (χ0v) is 40.8. The van der Waals surface area contributed by atoms with Crippen molar-refractivity contribution in [2.45, 2.75) is 178 Å². The van der Waals surface area contributed by atoms with Crippen LogP contribution >= 0.6 is 0 Å². The van der Waals surface area contributed by atoms with Crippen LogP contribution in [0.25, 0.3) is 0 Å². The summed E-state index contributed by atoms with van der Waals surface area (Å²) >= 11 is 0. The number of aliphatic hydroxyl groups excluding tert-OH is 1. The molecule has 0 aromatic heterocycles. The minimum Gasteiger partial charge on any atom is -0.394 e. The van der Waals surface area contributed by atoms with Crippen LogP contribution < -0.4 is 16.4 Å². The van der Waals surface area contributed by atoms with Crippen molar-refractivity contribution in [1.29, 1.82) is 0 Å². The fourth-order valence-electron chi connectivity index (χ4n) is 11.8. The Hall–Kier alpha value is -5.18. The maximum atomic E-state index is 14.5. The van der Waals surface area contributed by atoms with Gasteiger partial charge in [-0.15, -0.1) is 0 Å². The average Bonchev–Trinajstić information content (AvgIpc) is 4.19. The van der Waals surface area contributed by atoms with Crippen molar-refractivity contribution in [3.63, 3.8) is 0 Å². The number of rotatable bonds is 15. The highest BCUT2D eigenvalue weighted by atomic mass is 16.3. The number of aldehydes is 1. The molecule has 0 spiro atoms. The van der Waals surface area contributed by atoms with E-state index in [4.69, 9.17) is 5.73 Å². The van der Waals surface area contributed by atoms with E-state index < -0.39 is 84.7 Å². The van der Waals surface area contributed by atoms with Gasteiger partial charge in [-0.05, 0) is 102 Å². The number of aliphatic hydroxyl groups is 1. The Labute approximate surface area is 404 Å². The van der Waals surface area contributed by atoms with Crippen molar-refractivity contribution in [3.05, 3.63) is 0 Å². The van der Waals surface area contributed by atoms with Gasteiger partial charge in [-0.2, -0.15) is 0 Å². The van der Waals surface area contributed by atoms with E-state index in [-0.39, 0.29) is 53.8 Å². The number of carbonyl (C=O) groups excluding carboxylic acids is 10. The van der Waals surface area contributed by atoms with Gasteiger partial charge in [-0.25, -0.2) is 0 Å². The molecule has 0 aromatic carbocycles. The summed E-state index contributed by atoms with van der Waals surface area (Å²) in [7, 11) is 0. The van der Waals surface area contributed by atoms with E-state index in [1.54, 1.807) is 23.6 Å². The fourth-order valence-corrected chi connectivity index (χ4v) is 11.8. The number of hydrogen-bond donors (Lipinski definition) is 4. The standard InChI is InChI=1S/C48H74N10O11/c1-28(2)38(49)47(68)57-24-10-17-36(57)45(66)55-22-8-15-34(55)43(64)53-20-6-13-32(53)41(62)51-39(29(3)4)48(69)58-25-11-18-37(58)46(67)56-23-9-16-35(56)44(65)54-21-7-14-33(54)42(63)52-19-5-12-31(52)40(61)50-30(26-59)27-60/h26,28-39,60H,5-25,27,49H2,1-4H3,(H,50,61)(H,51,62)/t30-,31+,32+,33+,34+,35+,36+,37+,38+,39+/m1/s1. The van der Waals surface area contributed by atoms with Crippen LogP contribution in [-0.4, -0.2) is 212 Å². The molecule has 0 aliphatic carbocycles. The highest BCUT2D eigenvalue weighted by molar-refractivity contribution is 5.99. The molecule has 0 radical (unpaired) electrons. The van der Waals surface area contributed by atoms with E-state index in [2.05, 4.69) is 10.6 Å². The largest absolute Gasteiger partial charge is 0.394 e. The summed E-state index contributed by atoms with van der Waals surface area (Å²) in [5, 5.41) is 14.8. The molecule has 69 heavy (non-hydrogen) atoms. The smallest absolute Gasteiger partial charge is 0.246 e. The molecule has 7 rings (SSSR count). The summed E-state index contributed by atoms with van der Waals surface area (Å²) in [6, 6.07) is -8.61. The molecule has 9 amide bonds. The van der Waals surface area contributed by atoms with Crippen LogP contribution in [0.3, 0.4) is 0 Å². The van der Waals surface area contributed by atoms with Crippen molar-refractivity contribution in [3.8, 4) is 0 Å². The number of amides is 9. The first-order valence-electron chi connectivity index (χ1n) is 25.6. The maximum absolute atomic E-state index is 14.5. The second kappa shape index (κ2) is 22.3. The normalized spacial score (nSPS) is 28.5. The van der Waals surface area contributed by atoms with Gasteiger partial charge >= 0.3 is 0 Å². The lowest BCUT2D eigenvalue weighted by atomic mass is 10.0. The van der Waals surface area contributed by atoms with Crippen LogP contribution in [0.15, 0.2) is 0 Å². The van der Waals surface area contributed by atoms with E-state index in [0.717, 1.165) is 0 Å². The Balaban J connectivity index is 0.979. The molecule has 0 aromatic rings. The molecular weight excluding hydrogens is 893 g/mol. The van der Waals surface area contributed by atoms with Crippen LogP contribution in [-0.2, 0) is 47.9 Å². The Morgan fingerprint density at radius 3 is 1.07 bits per heavy atom. The van der Waals surface area contributed by atoms with E-state index in [1.165, 1.54) is 24.5 Å². The lowest BCUT2D eigenvalue weighted by molar-refractivity contribution is -0.153. The highest BCUT2D eigenvalue weighted by Crippen LogP contribution is 2.33. The molecular formula is C48H74N10O11. The number of likely N-dealkylation sites (tertiary alicyclic amines) is 7. The first-order valence-corrected chi connectivity index (χ1v) is 25.6. The number of hydrogen-bond acceptors (Lipinski definition) is 12. The van der Waals surface area contributed by atoms with Crippen molar-refractivity contribution in [1.82, 2.24) is 44.9 Å². The number of nitrogens with one attached hydrogen (secondary N) is 2. The third-order valence-corrected chi connectivity index (χ3v) is 15.7. The summed E-state index contributed by atoms with van der Waals surface area (Å²) in [4.78, 5) is 148. The summed E-state index contributed by atoms with van der Waals surface area (Å²) in [5.74, 6) is -3.94. The molecule has 10 atom stereocenters. The molecule has 0 bridgehead atoms. The van der Waals surface area contributed by atoms with Crippen LogP contribution in [0.2, 0.25) is 0 Å². The molecule has 21 heteroatoms. The Kier molecular flexibility index (Phi) is 16.7. The van der Waals surface area contributed by atoms with Crippen molar-refractivity contribution in [2.75, 3.05) is 52.4 Å².